The van der Waals surface area contributed by atoms with Crippen LogP contribution in [0.4, 0.5) is 0 Å². The van der Waals surface area contributed by atoms with Crippen molar-refractivity contribution in [2.24, 2.45) is 5.16 Å². The largest absolute Gasteiger partial charge is 0.358 e. The monoisotopic (exact) mass is 325 g/mol. The summed E-state index contributed by atoms with van der Waals surface area (Å²) in [6.45, 7) is 3.23. The Morgan fingerprint density at radius 3 is 2.33 bits per heavy atom. The highest BCUT2D eigenvalue weighted by atomic mass is 35.5. The summed E-state index contributed by atoms with van der Waals surface area (Å²) in [5.74, 6) is -0.306. The Balaban J connectivity index is 2.32. The molecule has 0 bridgehead atoms. The summed E-state index contributed by atoms with van der Waals surface area (Å²) in [5.41, 5.74) is 1.13. The molecule has 1 aromatic carbocycles. The van der Waals surface area contributed by atoms with Crippen molar-refractivity contribution in [3.05, 3.63) is 52.6 Å². The Morgan fingerprint density at radius 1 is 1.10 bits per heavy atom. The maximum atomic E-state index is 11.9. The lowest BCUT2D eigenvalue weighted by Crippen LogP contribution is -2.15. The highest BCUT2D eigenvalue weighted by Crippen LogP contribution is 2.22. The number of allylic oxidation sites excluding steroid dienone is 4. The molecule has 0 unspecified atom stereocenters. The van der Waals surface area contributed by atoms with E-state index >= 15 is 0 Å². The number of nitrogens with zero attached hydrogens (tertiary/aromatic N) is 1. The molecule has 1 aliphatic carbocycles. The van der Waals surface area contributed by atoms with E-state index in [1.54, 1.807) is 32.0 Å². The van der Waals surface area contributed by atoms with Gasteiger partial charge in [-0.05, 0) is 37.6 Å². The summed E-state index contributed by atoms with van der Waals surface area (Å²) in [5, 5.41) is 3.58. The number of rotatable bonds is 3. The van der Waals surface area contributed by atoms with Crippen LogP contribution in [0.25, 0.3) is 0 Å². The molecule has 0 aliphatic heterocycles. The van der Waals surface area contributed by atoms with E-state index in [4.69, 9.17) is 11.6 Å². The lowest BCUT2D eigenvalue weighted by molar-refractivity contribution is -0.111. The molecule has 0 aromatic heterocycles. The minimum absolute atomic E-state index is 0.00494. The average molecular weight is 326 g/mol. The second-order valence-corrected chi connectivity index (χ2v) is 6.33. The molecular formula is C14H12ClNO4S. The molecule has 2 rings (SSSR count). The molecule has 110 valence electrons. The van der Waals surface area contributed by atoms with Gasteiger partial charge >= 0.3 is 10.1 Å². The summed E-state index contributed by atoms with van der Waals surface area (Å²) >= 11 is 5.78. The first kappa shape index (κ1) is 15.5. The molecule has 1 aromatic rings. The smallest absolute Gasteiger partial charge is 0.288 e. The molecule has 21 heavy (non-hydrogen) atoms. The quantitative estimate of drug-likeness (QED) is 0.632. The molecule has 5 nitrogen and oxygen atoms in total. The van der Waals surface area contributed by atoms with Crippen LogP contribution in [0.3, 0.4) is 0 Å². The number of hydrogen-bond donors (Lipinski definition) is 0. The van der Waals surface area contributed by atoms with Gasteiger partial charge in [0.25, 0.3) is 0 Å². The molecule has 0 spiro atoms. The first-order chi connectivity index (χ1) is 9.83. The van der Waals surface area contributed by atoms with Crippen molar-refractivity contribution >= 4 is 33.2 Å². The predicted octanol–water partition coefficient (Wildman–Crippen LogP) is 2.79. The highest BCUT2D eigenvalue weighted by molar-refractivity contribution is 7.86. The number of carbonyl (C=O) groups is 1. The number of Topliss-reactive ketones (excluding diaryl/α,β-unsaturated/α-hetero) is 1. The summed E-state index contributed by atoms with van der Waals surface area (Å²) in [7, 11) is -4.00. The molecule has 7 heteroatoms. The van der Waals surface area contributed by atoms with Crippen molar-refractivity contribution in [1.82, 2.24) is 0 Å². The summed E-state index contributed by atoms with van der Waals surface area (Å²) in [6.07, 6.45) is 1.28. The molecule has 0 amide bonds. The zero-order valence-corrected chi connectivity index (χ0v) is 12.9. The van der Waals surface area contributed by atoms with Crippen LogP contribution in [-0.4, -0.2) is 19.9 Å². The minimum atomic E-state index is -4.00. The van der Waals surface area contributed by atoms with Gasteiger partial charge in [-0.15, -0.1) is 0 Å². The molecule has 0 saturated carbocycles. The van der Waals surface area contributed by atoms with E-state index in [-0.39, 0.29) is 21.4 Å². The zero-order valence-electron chi connectivity index (χ0n) is 11.3. The van der Waals surface area contributed by atoms with E-state index in [0.29, 0.717) is 11.1 Å². The van der Waals surface area contributed by atoms with Crippen molar-refractivity contribution < 1.29 is 17.5 Å². The number of hydrogen-bond acceptors (Lipinski definition) is 5. The Labute approximate surface area is 127 Å². The summed E-state index contributed by atoms with van der Waals surface area (Å²) in [4.78, 5) is 11.6. The molecule has 1 aliphatic rings. The van der Waals surface area contributed by atoms with Crippen LogP contribution in [0.5, 0.6) is 0 Å². The lowest BCUT2D eigenvalue weighted by Gasteiger charge is -2.12. The van der Waals surface area contributed by atoms with Gasteiger partial charge in [-0.25, -0.2) is 0 Å². The van der Waals surface area contributed by atoms with Crippen molar-refractivity contribution in [2.45, 2.75) is 18.7 Å². The van der Waals surface area contributed by atoms with Crippen LogP contribution in [0.2, 0.25) is 0 Å². The molecule has 0 heterocycles. The topological polar surface area (TPSA) is 72.8 Å². The van der Waals surface area contributed by atoms with Crippen molar-refractivity contribution in [3.8, 4) is 0 Å². The number of benzene rings is 1. The molecule has 0 saturated heterocycles. The Morgan fingerprint density at radius 2 is 1.71 bits per heavy atom. The van der Waals surface area contributed by atoms with Gasteiger partial charge in [0, 0.05) is 5.57 Å². The standard InChI is InChI=1S/C14H12ClNO4S/c1-9-10(2)14(17)12(15)8-13(9)16-20-21(18,19)11-6-4-3-5-7-11/h3-8H,1-2H3/b16-13+. The molecule has 0 atom stereocenters. The van der Waals surface area contributed by atoms with Gasteiger partial charge < -0.3 is 0 Å². The van der Waals surface area contributed by atoms with E-state index in [0.717, 1.165) is 0 Å². The fraction of sp³-hybridized carbons (Fsp3) is 0.143. The number of ketones is 1. The molecule has 0 N–H and O–H groups in total. The highest BCUT2D eigenvalue weighted by Gasteiger charge is 2.22. The van der Waals surface area contributed by atoms with Crippen molar-refractivity contribution in [2.75, 3.05) is 0 Å². The fourth-order valence-electron chi connectivity index (χ4n) is 1.65. The first-order valence-corrected chi connectivity index (χ1v) is 7.78. The molecular weight excluding hydrogens is 314 g/mol. The first-order valence-electron chi connectivity index (χ1n) is 5.99. The second kappa shape index (κ2) is 5.83. The van der Waals surface area contributed by atoms with Gasteiger partial charge in [0.1, 0.15) is 10.6 Å². The van der Waals surface area contributed by atoms with Gasteiger partial charge in [0.15, 0.2) is 5.78 Å². The molecule has 0 fully saturated rings. The lowest BCUT2D eigenvalue weighted by atomic mass is 9.97. The third kappa shape index (κ3) is 3.22. The van der Waals surface area contributed by atoms with E-state index < -0.39 is 10.1 Å². The Kier molecular flexibility index (Phi) is 4.29. The van der Waals surface area contributed by atoms with Gasteiger partial charge in [-0.3, -0.25) is 9.08 Å². The molecule has 0 radical (unpaired) electrons. The summed E-state index contributed by atoms with van der Waals surface area (Å²) < 4.78 is 28.6. The normalized spacial score (nSPS) is 18.0. The third-order valence-electron chi connectivity index (χ3n) is 3.03. The maximum Gasteiger partial charge on any atom is 0.358 e. The van der Waals surface area contributed by atoms with Crippen LogP contribution in [-0.2, 0) is 19.2 Å². The zero-order chi connectivity index (χ0) is 15.6. The van der Waals surface area contributed by atoms with Crippen molar-refractivity contribution in [3.63, 3.8) is 0 Å². The van der Waals surface area contributed by atoms with Gasteiger partial charge in [-0.2, -0.15) is 8.42 Å². The SMILES string of the molecule is CC1=C(C)/C(=N/OS(=O)(=O)c2ccccc2)C=C(Cl)C1=O. The van der Waals surface area contributed by atoms with Crippen LogP contribution < -0.4 is 0 Å². The second-order valence-electron chi connectivity index (χ2n) is 4.39. The fourth-order valence-corrected chi connectivity index (χ4v) is 2.65. The predicted molar refractivity (Wildman–Crippen MR) is 79.5 cm³/mol. The third-order valence-corrected chi connectivity index (χ3v) is 4.43. The Bertz CT molecular complexity index is 776. The minimum Gasteiger partial charge on any atom is -0.288 e. The van der Waals surface area contributed by atoms with Gasteiger partial charge in [0.05, 0.1) is 5.03 Å². The van der Waals surface area contributed by atoms with Gasteiger partial charge in [0.2, 0.25) is 0 Å². The number of carbonyl (C=O) groups excluding carboxylic acids is 1. The van der Waals surface area contributed by atoms with Crippen LogP contribution in [0.1, 0.15) is 13.8 Å². The van der Waals surface area contributed by atoms with Gasteiger partial charge in [-0.1, -0.05) is 35.0 Å². The summed E-state index contributed by atoms with van der Waals surface area (Å²) in [6, 6.07) is 7.65. The van der Waals surface area contributed by atoms with Crippen molar-refractivity contribution in [1.29, 1.82) is 0 Å². The number of halogens is 1. The van der Waals surface area contributed by atoms with E-state index in [9.17, 15) is 13.2 Å². The van der Waals surface area contributed by atoms with Crippen LogP contribution >= 0.6 is 11.6 Å². The number of oxime groups is 1. The van der Waals surface area contributed by atoms with E-state index in [2.05, 4.69) is 9.44 Å². The van der Waals surface area contributed by atoms with E-state index in [1.165, 1.54) is 18.2 Å². The van der Waals surface area contributed by atoms with Crippen LogP contribution in [0, 0.1) is 0 Å². The average Bonchev–Trinajstić information content (AvgIpc) is 2.48. The maximum absolute atomic E-state index is 11.9. The Hall–Kier alpha value is -1.92. The van der Waals surface area contributed by atoms with Crippen LogP contribution in [0.15, 0.2) is 62.6 Å². The van der Waals surface area contributed by atoms with E-state index in [1.807, 2.05) is 0 Å².